The number of piperazine rings is 1. The van der Waals surface area contributed by atoms with Gasteiger partial charge in [0.1, 0.15) is 17.9 Å². The zero-order chi connectivity index (χ0) is 24.7. The summed E-state index contributed by atoms with van der Waals surface area (Å²) in [5.74, 6) is 2.11. The van der Waals surface area contributed by atoms with Crippen LogP contribution in [-0.4, -0.2) is 65.6 Å². The fourth-order valence-electron chi connectivity index (χ4n) is 4.89. The number of hydrogen-bond donors (Lipinski definition) is 0. The Morgan fingerprint density at radius 2 is 1.57 bits per heavy atom. The van der Waals surface area contributed by atoms with Crippen LogP contribution in [0.25, 0.3) is 16.9 Å². The van der Waals surface area contributed by atoms with Crippen molar-refractivity contribution >= 4 is 21.6 Å². The third kappa shape index (κ3) is 4.12. The van der Waals surface area contributed by atoms with Gasteiger partial charge in [-0.1, -0.05) is 29.8 Å². The maximum absolute atomic E-state index is 13.6. The van der Waals surface area contributed by atoms with E-state index in [9.17, 15) is 8.42 Å². The van der Waals surface area contributed by atoms with Gasteiger partial charge in [0.05, 0.1) is 12.0 Å². The van der Waals surface area contributed by atoms with Crippen molar-refractivity contribution in [1.82, 2.24) is 23.9 Å². The van der Waals surface area contributed by atoms with Gasteiger partial charge >= 0.3 is 0 Å². The lowest BCUT2D eigenvalue weighted by Gasteiger charge is -2.36. The van der Waals surface area contributed by atoms with Crippen molar-refractivity contribution in [2.75, 3.05) is 38.2 Å². The lowest BCUT2D eigenvalue weighted by atomic mass is 10.1. The van der Waals surface area contributed by atoms with Crippen molar-refractivity contribution in [1.29, 1.82) is 0 Å². The maximum atomic E-state index is 13.6. The number of ether oxygens (including phenoxy) is 1. The predicted molar refractivity (Wildman–Crippen MR) is 134 cm³/mol. The van der Waals surface area contributed by atoms with Crippen molar-refractivity contribution in [3.63, 3.8) is 0 Å². The Balaban J connectivity index is 1.47. The van der Waals surface area contributed by atoms with Crippen LogP contribution in [-0.2, 0) is 10.0 Å². The number of nitrogens with zero attached hydrogens (tertiary/aromatic N) is 6. The first-order valence-electron chi connectivity index (χ1n) is 11.5. The van der Waals surface area contributed by atoms with E-state index >= 15 is 0 Å². The van der Waals surface area contributed by atoms with E-state index < -0.39 is 10.0 Å². The second-order valence-electron chi connectivity index (χ2n) is 8.81. The summed E-state index contributed by atoms with van der Waals surface area (Å²) in [5, 5.41) is 4.41. The van der Waals surface area contributed by atoms with Crippen LogP contribution in [0.5, 0.6) is 5.75 Å². The highest BCUT2D eigenvalue weighted by Gasteiger charge is 2.32. The summed E-state index contributed by atoms with van der Waals surface area (Å²) in [5.41, 5.74) is 4.48. The molecule has 0 radical (unpaired) electrons. The molecule has 35 heavy (non-hydrogen) atoms. The predicted octanol–water partition coefficient (Wildman–Crippen LogP) is 3.24. The Kier molecular flexibility index (Phi) is 5.94. The molecule has 1 saturated heterocycles. The standard InChI is InChI=1S/C25H28N6O3S/c1-17-13-18(2)23(19(3)14-17)35(32,33)30-11-9-29(10-12-30)24-22(15-26-25-27-16-28-31(24)25)20-5-7-21(34-4)8-6-20/h5-8,13-16H,9-12H2,1-4H3. The normalized spacial score (nSPS) is 15.0. The van der Waals surface area contributed by atoms with E-state index in [2.05, 4.69) is 20.0 Å². The topological polar surface area (TPSA) is 92.9 Å². The number of aryl methyl sites for hydroxylation is 3. The number of rotatable bonds is 5. The molecule has 5 rings (SSSR count). The zero-order valence-corrected chi connectivity index (χ0v) is 21.1. The molecule has 0 aliphatic carbocycles. The smallest absolute Gasteiger partial charge is 0.254 e. The average Bonchev–Trinajstić information content (AvgIpc) is 3.32. The van der Waals surface area contributed by atoms with Gasteiger partial charge < -0.3 is 9.64 Å². The molecule has 3 heterocycles. The van der Waals surface area contributed by atoms with Crippen LogP contribution in [0, 0.1) is 20.8 Å². The minimum Gasteiger partial charge on any atom is -0.497 e. The fraction of sp³-hybridized carbons (Fsp3) is 0.320. The van der Waals surface area contributed by atoms with E-state index in [1.54, 1.807) is 22.1 Å². The van der Waals surface area contributed by atoms with E-state index in [4.69, 9.17) is 4.74 Å². The van der Waals surface area contributed by atoms with E-state index in [1.807, 2.05) is 57.2 Å². The molecule has 4 aromatic rings. The molecule has 0 atom stereocenters. The van der Waals surface area contributed by atoms with Gasteiger partial charge in [0, 0.05) is 37.9 Å². The van der Waals surface area contributed by atoms with Crippen molar-refractivity contribution in [3.8, 4) is 16.9 Å². The third-order valence-electron chi connectivity index (χ3n) is 6.42. The summed E-state index contributed by atoms with van der Waals surface area (Å²) in [6.07, 6.45) is 3.27. The van der Waals surface area contributed by atoms with Crippen LogP contribution in [0.2, 0.25) is 0 Å². The highest BCUT2D eigenvalue weighted by atomic mass is 32.2. The van der Waals surface area contributed by atoms with Gasteiger partial charge in [-0.25, -0.2) is 13.4 Å². The van der Waals surface area contributed by atoms with Gasteiger partial charge in [-0.2, -0.15) is 18.9 Å². The second kappa shape index (κ2) is 8.94. The molecule has 10 heteroatoms. The highest BCUT2D eigenvalue weighted by molar-refractivity contribution is 7.89. The molecule has 9 nitrogen and oxygen atoms in total. The van der Waals surface area contributed by atoms with Gasteiger partial charge in [-0.15, -0.1) is 0 Å². The molecule has 1 aliphatic rings. The maximum Gasteiger partial charge on any atom is 0.254 e. The fourth-order valence-corrected chi connectivity index (χ4v) is 6.72. The number of anilines is 1. The quantitative estimate of drug-likeness (QED) is 0.422. The Morgan fingerprint density at radius 1 is 0.914 bits per heavy atom. The molecular formula is C25H28N6O3S. The van der Waals surface area contributed by atoms with E-state index in [-0.39, 0.29) is 0 Å². The van der Waals surface area contributed by atoms with Gasteiger partial charge in [0.2, 0.25) is 10.0 Å². The van der Waals surface area contributed by atoms with E-state index in [0.717, 1.165) is 39.4 Å². The molecule has 0 spiro atoms. The van der Waals surface area contributed by atoms with Gasteiger partial charge in [0.15, 0.2) is 0 Å². The average molecular weight is 493 g/mol. The number of methoxy groups -OCH3 is 1. The SMILES string of the molecule is COc1ccc(-c2cnc3ncnn3c2N2CCN(S(=O)(=O)c3c(C)cc(C)cc3C)CC2)cc1. The monoisotopic (exact) mass is 492 g/mol. The number of fused-ring (bicyclic) bond motifs is 1. The Labute approximate surface area is 205 Å². The molecule has 2 aromatic heterocycles. The summed E-state index contributed by atoms with van der Waals surface area (Å²) >= 11 is 0. The minimum atomic E-state index is -3.60. The first kappa shape index (κ1) is 23.3. The largest absolute Gasteiger partial charge is 0.497 e. The summed E-state index contributed by atoms with van der Waals surface area (Å²) in [7, 11) is -1.97. The summed E-state index contributed by atoms with van der Waals surface area (Å²) < 4.78 is 35.7. The lowest BCUT2D eigenvalue weighted by Crippen LogP contribution is -2.49. The van der Waals surface area contributed by atoms with Crippen molar-refractivity contribution in [2.24, 2.45) is 0 Å². The highest BCUT2D eigenvalue weighted by Crippen LogP contribution is 2.33. The number of hydrogen-bond acceptors (Lipinski definition) is 7. The summed E-state index contributed by atoms with van der Waals surface area (Å²) in [6.45, 7) is 7.49. The lowest BCUT2D eigenvalue weighted by molar-refractivity contribution is 0.382. The molecule has 0 amide bonds. The second-order valence-corrected chi connectivity index (χ2v) is 10.7. The first-order valence-corrected chi connectivity index (χ1v) is 12.9. The van der Waals surface area contributed by atoms with Crippen molar-refractivity contribution in [2.45, 2.75) is 25.7 Å². The number of aromatic nitrogens is 4. The van der Waals surface area contributed by atoms with Crippen LogP contribution in [0.3, 0.4) is 0 Å². The molecule has 1 fully saturated rings. The molecular weight excluding hydrogens is 464 g/mol. The van der Waals surface area contributed by atoms with Crippen molar-refractivity contribution < 1.29 is 13.2 Å². The summed E-state index contributed by atoms with van der Waals surface area (Å²) in [6, 6.07) is 11.6. The Hall–Kier alpha value is -3.50. The number of benzene rings is 2. The van der Waals surface area contributed by atoms with Crippen LogP contribution in [0.4, 0.5) is 5.82 Å². The molecule has 2 aromatic carbocycles. The van der Waals surface area contributed by atoms with Gasteiger partial charge in [0.25, 0.3) is 5.78 Å². The Morgan fingerprint density at radius 3 is 2.20 bits per heavy atom. The van der Waals surface area contributed by atoms with Crippen LogP contribution in [0.15, 0.2) is 53.8 Å². The number of sulfonamides is 1. The molecule has 1 aliphatic heterocycles. The molecule has 0 bridgehead atoms. The van der Waals surface area contributed by atoms with E-state index in [1.165, 1.54) is 6.33 Å². The zero-order valence-electron chi connectivity index (χ0n) is 20.3. The molecule has 182 valence electrons. The molecule has 0 saturated carbocycles. The van der Waals surface area contributed by atoms with Gasteiger partial charge in [-0.05, 0) is 49.6 Å². The van der Waals surface area contributed by atoms with Crippen molar-refractivity contribution in [3.05, 3.63) is 65.6 Å². The van der Waals surface area contributed by atoms with Crippen LogP contribution in [0.1, 0.15) is 16.7 Å². The first-order chi connectivity index (χ1) is 16.8. The molecule has 0 N–H and O–H groups in total. The summed E-state index contributed by atoms with van der Waals surface area (Å²) in [4.78, 5) is 11.3. The van der Waals surface area contributed by atoms with Crippen LogP contribution < -0.4 is 9.64 Å². The Bertz CT molecular complexity index is 1470. The van der Waals surface area contributed by atoms with Gasteiger partial charge in [-0.3, -0.25) is 0 Å². The van der Waals surface area contributed by atoms with E-state index in [0.29, 0.717) is 36.9 Å². The van der Waals surface area contributed by atoms with Crippen LogP contribution >= 0.6 is 0 Å². The molecule has 0 unspecified atom stereocenters. The minimum absolute atomic E-state index is 0.371. The third-order valence-corrected chi connectivity index (χ3v) is 8.63.